The molecule has 0 heterocycles. The molecule has 0 saturated carbocycles. The molecule has 2 atom stereocenters. The lowest BCUT2D eigenvalue weighted by molar-refractivity contribution is -0.149. The van der Waals surface area contributed by atoms with E-state index in [2.05, 4.69) is 0 Å². The van der Waals surface area contributed by atoms with E-state index in [4.69, 9.17) is 5.11 Å². The number of hydrogen-bond acceptors (Lipinski definition) is 2. The highest BCUT2D eigenvalue weighted by molar-refractivity contribution is 5.74. The molecule has 3 nitrogen and oxygen atoms in total. The van der Waals surface area contributed by atoms with E-state index in [0.29, 0.717) is 19.3 Å². The van der Waals surface area contributed by atoms with E-state index < -0.39 is 17.5 Å². The van der Waals surface area contributed by atoms with Crippen LogP contribution >= 0.6 is 0 Å². The number of aliphatic hydroxyl groups is 1. The smallest absolute Gasteiger partial charge is 0.309 e. The van der Waals surface area contributed by atoms with E-state index in [1.54, 1.807) is 13.0 Å². The summed E-state index contributed by atoms with van der Waals surface area (Å²) < 4.78 is 0. The summed E-state index contributed by atoms with van der Waals surface area (Å²) >= 11 is 0. The van der Waals surface area contributed by atoms with Gasteiger partial charge in [-0.3, -0.25) is 4.79 Å². The molecule has 0 aromatic rings. The zero-order valence-electron chi connectivity index (χ0n) is 7.86. The average molecular weight is 184 g/mol. The molecule has 0 unspecified atom stereocenters. The minimum absolute atomic E-state index is 0.473. The van der Waals surface area contributed by atoms with E-state index in [1.165, 1.54) is 0 Å². The van der Waals surface area contributed by atoms with Crippen molar-refractivity contribution in [1.82, 2.24) is 0 Å². The van der Waals surface area contributed by atoms with Gasteiger partial charge in [-0.1, -0.05) is 12.2 Å². The highest BCUT2D eigenvalue weighted by atomic mass is 16.4. The molecule has 0 amide bonds. The van der Waals surface area contributed by atoms with E-state index >= 15 is 0 Å². The van der Waals surface area contributed by atoms with Crippen molar-refractivity contribution in [3.63, 3.8) is 0 Å². The molecule has 0 fully saturated rings. The van der Waals surface area contributed by atoms with Gasteiger partial charge in [-0.2, -0.15) is 0 Å². The van der Waals surface area contributed by atoms with Gasteiger partial charge in [0.1, 0.15) is 0 Å². The Labute approximate surface area is 78.1 Å². The Kier molecular flexibility index (Phi) is 3.09. The van der Waals surface area contributed by atoms with Gasteiger partial charge in [0, 0.05) is 0 Å². The summed E-state index contributed by atoms with van der Waals surface area (Å²) in [4.78, 5) is 10.9. The first-order valence-corrected chi connectivity index (χ1v) is 4.63. The van der Waals surface area contributed by atoms with Crippen LogP contribution in [0.5, 0.6) is 0 Å². The van der Waals surface area contributed by atoms with Crippen LogP contribution < -0.4 is 0 Å². The molecule has 0 aromatic heterocycles. The van der Waals surface area contributed by atoms with Gasteiger partial charge in [-0.05, 0) is 32.6 Å². The fourth-order valence-corrected chi connectivity index (χ4v) is 1.56. The maximum Gasteiger partial charge on any atom is 0.309 e. The molecule has 3 heteroatoms. The molecule has 1 aliphatic carbocycles. The van der Waals surface area contributed by atoms with Gasteiger partial charge >= 0.3 is 5.97 Å². The maximum atomic E-state index is 10.9. The second-order valence-corrected chi connectivity index (χ2v) is 3.94. The van der Waals surface area contributed by atoms with Crippen LogP contribution in [0, 0.1) is 5.41 Å². The Morgan fingerprint density at radius 1 is 1.54 bits per heavy atom. The Morgan fingerprint density at radius 3 is 2.85 bits per heavy atom. The van der Waals surface area contributed by atoms with Gasteiger partial charge < -0.3 is 10.2 Å². The van der Waals surface area contributed by atoms with Crippen molar-refractivity contribution in [2.45, 2.75) is 38.7 Å². The molecule has 0 bridgehead atoms. The number of rotatable bonds is 1. The standard InChI is InChI=1S/C10H16O3/c1-10(9(12)13)6-3-2-4-8(11)5-7-10/h2,4,8,11H,3,5-7H2,1H3,(H,12,13)/t8-,10+/m0/s1. The molecule has 0 aromatic carbocycles. The van der Waals surface area contributed by atoms with Crippen LogP contribution in [0.3, 0.4) is 0 Å². The fourth-order valence-electron chi connectivity index (χ4n) is 1.56. The highest BCUT2D eigenvalue weighted by Crippen LogP contribution is 2.31. The normalized spacial score (nSPS) is 35.1. The molecule has 0 saturated heterocycles. The minimum Gasteiger partial charge on any atom is -0.481 e. The summed E-state index contributed by atoms with van der Waals surface area (Å²) in [6, 6.07) is 0. The zero-order chi connectivity index (χ0) is 9.90. The van der Waals surface area contributed by atoms with Crippen molar-refractivity contribution in [3.8, 4) is 0 Å². The van der Waals surface area contributed by atoms with Gasteiger partial charge in [0.25, 0.3) is 0 Å². The van der Waals surface area contributed by atoms with Crippen molar-refractivity contribution in [1.29, 1.82) is 0 Å². The van der Waals surface area contributed by atoms with Crippen molar-refractivity contribution in [2.24, 2.45) is 5.41 Å². The Balaban J connectivity index is 2.68. The van der Waals surface area contributed by atoms with Gasteiger partial charge in [-0.15, -0.1) is 0 Å². The van der Waals surface area contributed by atoms with Crippen molar-refractivity contribution in [3.05, 3.63) is 12.2 Å². The summed E-state index contributed by atoms with van der Waals surface area (Å²) in [5.41, 5.74) is -0.661. The van der Waals surface area contributed by atoms with E-state index in [0.717, 1.165) is 6.42 Å². The summed E-state index contributed by atoms with van der Waals surface area (Å²) in [6.07, 6.45) is 5.63. The largest absolute Gasteiger partial charge is 0.481 e. The predicted octanol–water partition coefficient (Wildman–Crippen LogP) is 1.57. The molecule has 13 heavy (non-hydrogen) atoms. The van der Waals surface area contributed by atoms with Crippen molar-refractivity contribution in [2.75, 3.05) is 0 Å². The quantitative estimate of drug-likeness (QED) is 0.608. The molecule has 0 radical (unpaired) electrons. The SMILES string of the molecule is C[C@@]1(C(=O)O)CCC=C[C@H](O)CC1. The summed E-state index contributed by atoms with van der Waals surface area (Å²) in [5.74, 6) is -0.755. The lowest BCUT2D eigenvalue weighted by atomic mass is 9.79. The topological polar surface area (TPSA) is 57.5 Å². The number of allylic oxidation sites excluding steroid dienone is 1. The number of carboxylic acids is 1. The van der Waals surface area contributed by atoms with Crippen LogP contribution in [0.2, 0.25) is 0 Å². The first kappa shape index (κ1) is 10.3. The van der Waals surface area contributed by atoms with Crippen LogP contribution in [-0.2, 0) is 4.79 Å². The third kappa shape index (κ3) is 2.56. The minimum atomic E-state index is -0.755. The van der Waals surface area contributed by atoms with E-state index in [1.807, 2.05) is 6.08 Å². The van der Waals surface area contributed by atoms with E-state index in [9.17, 15) is 9.90 Å². The highest BCUT2D eigenvalue weighted by Gasteiger charge is 2.32. The molecule has 0 spiro atoms. The number of aliphatic hydroxyl groups excluding tert-OH is 1. The average Bonchev–Trinajstić information content (AvgIpc) is 2.06. The number of carbonyl (C=O) groups is 1. The monoisotopic (exact) mass is 184 g/mol. The van der Waals surface area contributed by atoms with Gasteiger partial charge in [0.15, 0.2) is 0 Å². The van der Waals surface area contributed by atoms with Crippen LogP contribution in [0.4, 0.5) is 0 Å². The van der Waals surface area contributed by atoms with Crippen LogP contribution in [0.15, 0.2) is 12.2 Å². The molecule has 2 N–H and O–H groups in total. The first-order chi connectivity index (χ1) is 6.04. The Bertz CT molecular complexity index is 222. The Hall–Kier alpha value is -0.830. The third-order valence-corrected chi connectivity index (χ3v) is 2.73. The number of aliphatic carboxylic acids is 1. The molecule has 1 aliphatic rings. The van der Waals surface area contributed by atoms with E-state index in [-0.39, 0.29) is 0 Å². The third-order valence-electron chi connectivity index (χ3n) is 2.73. The summed E-state index contributed by atoms with van der Waals surface area (Å²) in [6.45, 7) is 1.75. The molecule has 1 rings (SSSR count). The van der Waals surface area contributed by atoms with Gasteiger partial charge in [-0.25, -0.2) is 0 Å². The van der Waals surface area contributed by atoms with Crippen molar-refractivity contribution < 1.29 is 15.0 Å². The molecule has 0 aliphatic heterocycles. The van der Waals surface area contributed by atoms with Gasteiger partial charge in [0.2, 0.25) is 0 Å². The molecular formula is C10H16O3. The lowest BCUT2D eigenvalue weighted by Crippen LogP contribution is -2.29. The predicted molar refractivity (Wildman–Crippen MR) is 49.4 cm³/mol. The first-order valence-electron chi connectivity index (χ1n) is 4.63. The lowest BCUT2D eigenvalue weighted by Gasteiger charge is -2.26. The zero-order valence-corrected chi connectivity index (χ0v) is 7.86. The number of carboxylic acid groups (broad SMARTS) is 1. The second kappa shape index (κ2) is 3.92. The summed E-state index contributed by atoms with van der Waals surface area (Å²) in [7, 11) is 0. The van der Waals surface area contributed by atoms with Crippen LogP contribution in [0.1, 0.15) is 32.6 Å². The number of hydrogen-bond donors (Lipinski definition) is 2. The fraction of sp³-hybridized carbons (Fsp3) is 0.700. The van der Waals surface area contributed by atoms with Gasteiger partial charge in [0.05, 0.1) is 11.5 Å². The maximum absolute atomic E-state index is 10.9. The summed E-state index contributed by atoms with van der Waals surface area (Å²) in [5, 5.41) is 18.3. The molecular weight excluding hydrogens is 168 g/mol. The van der Waals surface area contributed by atoms with Crippen molar-refractivity contribution >= 4 is 5.97 Å². The van der Waals surface area contributed by atoms with Crippen LogP contribution in [0.25, 0.3) is 0 Å². The van der Waals surface area contributed by atoms with Crippen LogP contribution in [-0.4, -0.2) is 22.3 Å². The second-order valence-electron chi connectivity index (χ2n) is 3.94. The Morgan fingerprint density at radius 2 is 2.23 bits per heavy atom. The molecule has 74 valence electrons.